The van der Waals surface area contributed by atoms with Crippen LogP contribution in [0.4, 0.5) is 4.39 Å². The summed E-state index contributed by atoms with van der Waals surface area (Å²) in [6, 6.07) is 1.47. The van der Waals surface area contributed by atoms with Crippen LogP contribution in [0.1, 0.15) is 16.8 Å². The van der Waals surface area contributed by atoms with Gasteiger partial charge in [0.1, 0.15) is 5.82 Å². The van der Waals surface area contributed by atoms with Gasteiger partial charge in [-0.1, -0.05) is 11.6 Å². The minimum atomic E-state index is -4.00. The Kier molecular flexibility index (Phi) is 5.24. The van der Waals surface area contributed by atoms with Crippen molar-refractivity contribution in [3.8, 4) is 0 Å². The van der Waals surface area contributed by atoms with Gasteiger partial charge in [-0.25, -0.2) is 22.3 Å². The number of hydrogen-bond acceptors (Lipinski definition) is 4. The van der Waals surface area contributed by atoms with Crippen LogP contribution < -0.4 is 10.5 Å². The molecule has 1 aromatic carbocycles. The molecule has 0 unspecified atom stereocenters. The number of nitrogens with one attached hydrogen (secondary N) is 1. The minimum Gasteiger partial charge on any atom is -0.478 e. The van der Waals surface area contributed by atoms with Crippen molar-refractivity contribution in [1.82, 2.24) is 4.72 Å². The Bertz CT molecular complexity index is 591. The van der Waals surface area contributed by atoms with Gasteiger partial charge in [-0.2, -0.15) is 0 Å². The summed E-state index contributed by atoms with van der Waals surface area (Å²) in [6.07, 6.45) is 0.404. The first-order chi connectivity index (χ1) is 8.79. The fourth-order valence-corrected chi connectivity index (χ4v) is 2.57. The lowest BCUT2D eigenvalue weighted by Gasteiger charge is -2.08. The molecule has 0 spiro atoms. The van der Waals surface area contributed by atoms with E-state index in [4.69, 9.17) is 22.4 Å². The van der Waals surface area contributed by atoms with Crippen LogP contribution in [-0.2, 0) is 10.0 Å². The van der Waals surface area contributed by atoms with Crippen LogP contribution in [0, 0.1) is 5.82 Å². The first-order valence-corrected chi connectivity index (χ1v) is 7.07. The molecule has 0 amide bonds. The zero-order chi connectivity index (χ0) is 14.6. The van der Waals surface area contributed by atoms with E-state index in [0.29, 0.717) is 12.5 Å². The van der Waals surface area contributed by atoms with Crippen LogP contribution in [0.5, 0.6) is 0 Å². The van der Waals surface area contributed by atoms with E-state index in [1.54, 1.807) is 0 Å². The molecule has 1 rings (SSSR count). The molecule has 0 heterocycles. The van der Waals surface area contributed by atoms with Crippen LogP contribution in [0.3, 0.4) is 0 Å². The number of halogens is 2. The maximum atomic E-state index is 13.4. The lowest BCUT2D eigenvalue weighted by atomic mass is 10.2. The average Bonchev–Trinajstić information content (AvgIpc) is 2.32. The standard InChI is InChI=1S/C10H12ClFN2O4S/c11-9-7(10(15)16)4-6(5-8(9)12)19(17,18)14-3-1-2-13/h4-5,14H,1-3,13H2,(H,15,16). The molecule has 0 aliphatic heterocycles. The molecule has 0 saturated heterocycles. The number of hydrogen-bond donors (Lipinski definition) is 3. The number of rotatable bonds is 6. The Morgan fingerprint density at radius 3 is 2.63 bits per heavy atom. The van der Waals surface area contributed by atoms with E-state index >= 15 is 0 Å². The summed E-state index contributed by atoms with van der Waals surface area (Å²) in [7, 11) is -4.00. The quantitative estimate of drug-likeness (QED) is 0.673. The van der Waals surface area contributed by atoms with Crippen LogP contribution in [-0.4, -0.2) is 32.6 Å². The summed E-state index contributed by atoms with van der Waals surface area (Å²) < 4.78 is 39.2. The molecule has 0 aromatic heterocycles. The van der Waals surface area contributed by atoms with Crippen molar-refractivity contribution < 1.29 is 22.7 Å². The molecule has 0 atom stereocenters. The molecular formula is C10H12ClFN2O4S. The Morgan fingerprint density at radius 2 is 2.11 bits per heavy atom. The topological polar surface area (TPSA) is 109 Å². The number of carbonyl (C=O) groups is 1. The van der Waals surface area contributed by atoms with E-state index in [-0.39, 0.29) is 13.1 Å². The predicted octanol–water partition coefficient (Wildman–Crippen LogP) is 0.804. The lowest BCUT2D eigenvalue weighted by Crippen LogP contribution is -2.26. The van der Waals surface area contributed by atoms with Gasteiger partial charge >= 0.3 is 5.97 Å². The summed E-state index contributed by atoms with van der Waals surface area (Å²) in [5.41, 5.74) is 4.60. The number of carboxylic acid groups (broad SMARTS) is 1. The van der Waals surface area contributed by atoms with E-state index in [1.807, 2.05) is 0 Å². The summed E-state index contributed by atoms with van der Waals surface area (Å²) in [6.45, 7) is 0.364. The highest BCUT2D eigenvalue weighted by atomic mass is 35.5. The number of carboxylic acids is 1. The van der Waals surface area contributed by atoms with Crippen molar-refractivity contribution in [2.45, 2.75) is 11.3 Å². The monoisotopic (exact) mass is 310 g/mol. The van der Waals surface area contributed by atoms with Gasteiger partial charge in [0, 0.05) is 6.54 Å². The summed E-state index contributed by atoms with van der Waals surface area (Å²) in [5.74, 6) is -2.62. The molecule has 6 nitrogen and oxygen atoms in total. The predicted molar refractivity (Wildman–Crippen MR) is 67.2 cm³/mol. The van der Waals surface area contributed by atoms with Crippen molar-refractivity contribution in [2.24, 2.45) is 5.73 Å². The van der Waals surface area contributed by atoms with Gasteiger partial charge in [0.15, 0.2) is 0 Å². The number of sulfonamides is 1. The first kappa shape index (κ1) is 15.8. The number of aromatic carboxylic acids is 1. The maximum Gasteiger partial charge on any atom is 0.337 e. The summed E-state index contributed by atoms with van der Waals surface area (Å²) >= 11 is 5.45. The fraction of sp³-hybridized carbons (Fsp3) is 0.300. The van der Waals surface area contributed by atoms with Crippen LogP contribution in [0.25, 0.3) is 0 Å². The van der Waals surface area contributed by atoms with E-state index in [2.05, 4.69) is 4.72 Å². The highest BCUT2D eigenvalue weighted by Crippen LogP contribution is 2.24. The van der Waals surface area contributed by atoms with Crippen LogP contribution in [0.15, 0.2) is 17.0 Å². The van der Waals surface area contributed by atoms with Gasteiger partial charge in [-0.3, -0.25) is 0 Å². The smallest absolute Gasteiger partial charge is 0.337 e. The van der Waals surface area contributed by atoms with Gasteiger partial charge < -0.3 is 10.8 Å². The Hall–Kier alpha value is -1.22. The molecule has 19 heavy (non-hydrogen) atoms. The van der Waals surface area contributed by atoms with Gasteiger partial charge in [0.05, 0.1) is 15.5 Å². The van der Waals surface area contributed by atoms with Crippen LogP contribution in [0.2, 0.25) is 5.02 Å². The van der Waals surface area contributed by atoms with Gasteiger partial charge in [0.25, 0.3) is 0 Å². The average molecular weight is 311 g/mol. The number of nitrogens with two attached hydrogens (primary N) is 1. The molecule has 0 radical (unpaired) electrons. The SMILES string of the molecule is NCCCNS(=O)(=O)c1cc(F)c(Cl)c(C(=O)O)c1. The summed E-state index contributed by atoms with van der Waals surface area (Å²) in [4.78, 5) is 10.3. The lowest BCUT2D eigenvalue weighted by molar-refractivity contribution is 0.0696. The second-order valence-electron chi connectivity index (χ2n) is 3.61. The van der Waals surface area contributed by atoms with Crippen molar-refractivity contribution in [3.63, 3.8) is 0 Å². The van der Waals surface area contributed by atoms with Crippen molar-refractivity contribution in [1.29, 1.82) is 0 Å². The molecule has 0 aliphatic carbocycles. The minimum absolute atomic E-state index is 0.0749. The molecule has 0 aliphatic rings. The molecule has 9 heteroatoms. The number of benzene rings is 1. The molecular weight excluding hydrogens is 299 g/mol. The second kappa shape index (κ2) is 6.29. The van der Waals surface area contributed by atoms with E-state index in [0.717, 1.165) is 6.07 Å². The zero-order valence-electron chi connectivity index (χ0n) is 9.69. The Balaban J connectivity index is 3.17. The molecule has 0 bridgehead atoms. The first-order valence-electron chi connectivity index (χ1n) is 5.21. The Labute approximate surface area is 114 Å². The molecule has 106 valence electrons. The van der Waals surface area contributed by atoms with Crippen molar-refractivity contribution in [3.05, 3.63) is 28.5 Å². The van der Waals surface area contributed by atoms with Gasteiger partial charge in [0.2, 0.25) is 10.0 Å². The highest BCUT2D eigenvalue weighted by Gasteiger charge is 2.21. The maximum absolute atomic E-state index is 13.4. The zero-order valence-corrected chi connectivity index (χ0v) is 11.3. The third kappa shape index (κ3) is 3.87. The fourth-order valence-electron chi connectivity index (χ4n) is 1.27. The third-order valence-corrected chi connectivity index (χ3v) is 4.04. The highest BCUT2D eigenvalue weighted by molar-refractivity contribution is 7.89. The van der Waals surface area contributed by atoms with E-state index in [9.17, 15) is 17.6 Å². The molecule has 1 aromatic rings. The molecule has 0 saturated carbocycles. The largest absolute Gasteiger partial charge is 0.478 e. The van der Waals surface area contributed by atoms with Gasteiger partial charge in [-0.05, 0) is 25.1 Å². The van der Waals surface area contributed by atoms with E-state index < -0.39 is 37.3 Å². The summed E-state index contributed by atoms with van der Waals surface area (Å²) in [5, 5.41) is 8.18. The molecule has 4 N–H and O–H groups in total. The van der Waals surface area contributed by atoms with Crippen molar-refractivity contribution >= 4 is 27.6 Å². The van der Waals surface area contributed by atoms with E-state index in [1.165, 1.54) is 0 Å². The second-order valence-corrected chi connectivity index (χ2v) is 5.76. The third-order valence-electron chi connectivity index (χ3n) is 2.22. The Morgan fingerprint density at radius 1 is 1.47 bits per heavy atom. The van der Waals surface area contributed by atoms with Gasteiger partial charge in [-0.15, -0.1) is 0 Å². The normalized spacial score (nSPS) is 11.5. The van der Waals surface area contributed by atoms with Crippen molar-refractivity contribution in [2.75, 3.05) is 13.1 Å². The van der Waals surface area contributed by atoms with Crippen LogP contribution >= 0.6 is 11.6 Å². The molecule has 0 fully saturated rings.